The highest BCUT2D eigenvalue weighted by Gasteiger charge is 2.43. The molecule has 1 fully saturated rings. The molecule has 1 saturated carbocycles. The topological polar surface area (TPSA) is 20.2 Å². The SMILES string of the molecule is OC(c1cc(Cl)cc(Cl)c1)C1CC1c1ccccc1. The van der Waals surface area contributed by atoms with E-state index in [0.717, 1.165) is 12.0 Å². The summed E-state index contributed by atoms with van der Waals surface area (Å²) in [5.41, 5.74) is 2.10. The number of rotatable bonds is 3. The van der Waals surface area contributed by atoms with Crippen molar-refractivity contribution in [1.29, 1.82) is 0 Å². The fraction of sp³-hybridized carbons (Fsp3) is 0.250. The van der Waals surface area contributed by atoms with Crippen LogP contribution in [0.25, 0.3) is 0 Å². The maximum Gasteiger partial charge on any atom is 0.0825 e. The molecule has 1 aliphatic rings. The summed E-state index contributed by atoms with van der Waals surface area (Å²) >= 11 is 12.0. The Kier molecular flexibility index (Phi) is 3.53. The van der Waals surface area contributed by atoms with Gasteiger partial charge in [0.15, 0.2) is 0 Å². The Morgan fingerprint density at radius 2 is 1.63 bits per heavy atom. The standard InChI is InChI=1S/C16H14Cl2O/c17-12-6-11(7-13(18)8-12)16(19)15-9-14(15)10-4-2-1-3-5-10/h1-8,14-16,19H,9H2. The van der Waals surface area contributed by atoms with Gasteiger partial charge < -0.3 is 5.11 Å². The molecular formula is C16H14Cl2O. The van der Waals surface area contributed by atoms with Crippen LogP contribution in [0.15, 0.2) is 48.5 Å². The van der Waals surface area contributed by atoms with Crippen LogP contribution in [0.5, 0.6) is 0 Å². The molecule has 2 aromatic carbocycles. The Bertz CT molecular complexity index is 562. The zero-order valence-electron chi connectivity index (χ0n) is 10.3. The summed E-state index contributed by atoms with van der Waals surface area (Å²) < 4.78 is 0. The number of benzene rings is 2. The van der Waals surface area contributed by atoms with E-state index in [1.807, 2.05) is 18.2 Å². The highest BCUT2D eigenvalue weighted by atomic mass is 35.5. The van der Waals surface area contributed by atoms with E-state index in [1.54, 1.807) is 18.2 Å². The molecule has 1 N–H and O–H groups in total. The van der Waals surface area contributed by atoms with Gasteiger partial charge in [-0.2, -0.15) is 0 Å². The Balaban J connectivity index is 1.78. The van der Waals surface area contributed by atoms with Crippen LogP contribution in [0.3, 0.4) is 0 Å². The molecule has 2 aromatic rings. The Morgan fingerprint density at radius 1 is 1.00 bits per heavy atom. The third-order valence-corrected chi connectivity index (χ3v) is 4.14. The highest BCUT2D eigenvalue weighted by Crippen LogP contribution is 2.54. The second kappa shape index (κ2) is 5.16. The van der Waals surface area contributed by atoms with Gasteiger partial charge in [0.05, 0.1) is 6.10 Å². The minimum Gasteiger partial charge on any atom is -0.388 e. The van der Waals surface area contributed by atoms with Gasteiger partial charge in [-0.05, 0) is 47.6 Å². The number of hydrogen-bond donors (Lipinski definition) is 1. The van der Waals surface area contributed by atoms with Crippen molar-refractivity contribution in [2.75, 3.05) is 0 Å². The van der Waals surface area contributed by atoms with Crippen molar-refractivity contribution in [3.05, 3.63) is 69.7 Å². The summed E-state index contributed by atoms with van der Waals surface area (Å²) in [6.07, 6.45) is 0.511. The maximum atomic E-state index is 10.4. The molecular weight excluding hydrogens is 279 g/mol. The van der Waals surface area contributed by atoms with Gasteiger partial charge in [0.1, 0.15) is 0 Å². The number of aliphatic hydroxyl groups is 1. The van der Waals surface area contributed by atoms with Gasteiger partial charge >= 0.3 is 0 Å². The molecule has 3 unspecified atom stereocenters. The quantitative estimate of drug-likeness (QED) is 0.859. The molecule has 1 nitrogen and oxygen atoms in total. The largest absolute Gasteiger partial charge is 0.388 e. The summed E-state index contributed by atoms with van der Waals surface area (Å²) in [6, 6.07) is 15.6. The van der Waals surface area contributed by atoms with Crippen molar-refractivity contribution >= 4 is 23.2 Å². The van der Waals surface area contributed by atoms with E-state index in [9.17, 15) is 5.11 Å². The van der Waals surface area contributed by atoms with Crippen molar-refractivity contribution in [1.82, 2.24) is 0 Å². The molecule has 0 bridgehead atoms. The molecule has 19 heavy (non-hydrogen) atoms. The fourth-order valence-electron chi connectivity index (χ4n) is 2.64. The van der Waals surface area contributed by atoms with Crippen molar-refractivity contribution < 1.29 is 5.11 Å². The first-order valence-electron chi connectivity index (χ1n) is 6.34. The average Bonchev–Trinajstić information content (AvgIpc) is 3.18. The fourth-order valence-corrected chi connectivity index (χ4v) is 3.18. The summed E-state index contributed by atoms with van der Waals surface area (Å²) in [4.78, 5) is 0. The molecule has 0 amide bonds. The minimum absolute atomic E-state index is 0.261. The number of aliphatic hydroxyl groups excluding tert-OH is 1. The van der Waals surface area contributed by atoms with Gasteiger partial charge in [0.2, 0.25) is 0 Å². The van der Waals surface area contributed by atoms with Crippen LogP contribution in [0.2, 0.25) is 10.0 Å². The lowest BCUT2D eigenvalue weighted by Crippen LogP contribution is -2.01. The smallest absolute Gasteiger partial charge is 0.0825 e. The van der Waals surface area contributed by atoms with Crippen LogP contribution >= 0.6 is 23.2 Å². The average molecular weight is 293 g/mol. The first-order valence-corrected chi connectivity index (χ1v) is 7.10. The molecule has 0 saturated heterocycles. The zero-order chi connectivity index (χ0) is 13.4. The zero-order valence-corrected chi connectivity index (χ0v) is 11.8. The number of halogens is 2. The highest BCUT2D eigenvalue weighted by molar-refractivity contribution is 6.34. The first kappa shape index (κ1) is 13.0. The summed E-state index contributed by atoms with van der Waals surface area (Å²) in [5, 5.41) is 11.6. The molecule has 0 radical (unpaired) electrons. The van der Waals surface area contributed by atoms with Crippen LogP contribution in [-0.2, 0) is 0 Å². The van der Waals surface area contributed by atoms with E-state index in [2.05, 4.69) is 12.1 Å². The maximum absolute atomic E-state index is 10.4. The molecule has 3 rings (SSSR count). The van der Waals surface area contributed by atoms with Gasteiger partial charge in [-0.25, -0.2) is 0 Å². The summed E-state index contributed by atoms with van der Waals surface area (Å²) in [7, 11) is 0. The van der Waals surface area contributed by atoms with Crippen molar-refractivity contribution in [2.45, 2.75) is 18.4 Å². The monoisotopic (exact) mass is 292 g/mol. The Morgan fingerprint density at radius 3 is 2.26 bits per heavy atom. The molecule has 1 aliphatic carbocycles. The summed E-state index contributed by atoms with van der Waals surface area (Å²) in [6.45, 7) is 0. The van der Waals surface area contributed by atoms with E-state index in [0.29, 0.717) is 16.0 Å². The summed E-state index contributed by atoms with van der Waals surface area (Å²) in [5.74, 6) is 0.700. The third kappa shape index (κ3) is 2.79. The molecule has 98 valence electrons. The molecule has 0 spiro atoms. The molecule has 3 heteroatoms. The Hall–Kier alpha value is -1.02. The van der Waals surface area contributed by atoms with Crippen molar-refractivity contribution in [3.8, 4) is 0 Å². The van der Waals surface area contributed by atoms with Crippen LogP contribution < -0.4 is 0 Å². The minimum atomic E-state index is -0.499. The Labute approximate surface area is 122 Å². The van der Waals surface area contributed by atoms with E-state index >= 15 is 0 Å². The normalized spacial score (nSPS) is 23.1. The van der Waals surface area contributed by atoms with Crippen LogP contribution in [0, 0.1) is 5.92 Å². The van der Waals surface area contributed by atoms with E-state index < -0.39 is 6.10 Å². The van der Waals surface area contributed by atoms with Gasteiger partial charge in [-0.1, -0.05) is 53.5 Å². The van der Waals surface area contributed by atoms with Crippen LogP contribution in [0.1, 0.15) is 29.6 Å². The van der Waals surface area contributed by atoms with Gasteiger partial charge in [-0.3, -0.25) is 0 Å². The second-order valence-electron chi connectivity index (χ2n) is 5.06. The number of hydrogen-bond acceptors (Lipinski definition) is 1. The molecule has 0 aliphatic heterocycles. The van der Waals surface area contributed by atoms with Gasteiger partial charge in [0.25, 0.3) is 0 Å². The van der Waals surface area contributed by atoms with Gasteiger partial charge in [-0.15, -0.1) is 0 Å². The molecule has 3 atom stereocenters. The lowest BCUT2D eigenvalue weighted by atomic mass is 10.0. The van der Waals surface area contributed by atoms with E-state index in [4.69, 9.17) is 23.2 Å². The lowest BCUT2D eigenvalue weighted by Gasteiger charge is -2.12. The molecule has 0 heterocycles. The third-order valence-electron chi connectivity index (χ3n) is 3.70. The second-order valence-corrected chi connectivity index (χ2v) is 5.94. The van der Waals surface area contributed by atoms with Crippen molar-refractivity contribution in [3.63, 3.8) is 0 Å². The van der Waals surface area contributed by atoms with Crippen LogP contribution in [0.4, 0.5) is 0 Å². The first-order chi connectivity index (χ1) is 9.15. The lowest BCUT2D eigenvalue weighted by molar-refractivity contribution is 0.151. The predicted molar refractivity (Wildman–Crippen MR) is 78.7 cm³/mol. The van der Waals surface area contributed by atoms with E-state index in [1.165, 1.54) is 5.56 Å². The van der Waals surface area contributed by atoms with Crippen molar-refractivity contribution in [2.24, 2.45) is 5.92 Å². The predicted octanol–water partition coefficient (Wildman–Crippen LogP) is 4.83. The van der Waals surface area contributed by atoms with Gasteiger partial charge in [0, 0.05) is 10.0 Å². The molecule has 0 aromatic heterocycles. The van der Waals surface area contributed by atoms with E-state index in [-0.39, 0.29) is 5.92 Å². The van der Waals surface area contributed by atoms with Crippen LogP contribution in [-0.4, -0.2) is 5.11 Å².